The summed E-state index contributed by atoms with van der Waals surface area (Å²) in [5, 5.41) is 16.6. The largest absolute Gasteiger partial charge is 0.507 e. The molecule has 0 aliphatic carbocycles. The Morgan fingerprint density at radius 3 is 2.17 bits per heavy atom. The molecule has 1 N–H and O–H groups in total. The lowest BCUT2D eigenvalue weighted by Crippen LogP contribution is -2.36. The highest BCUT2D eigenvalue weighted by atomic mass is 32.1. The van der Waals surface area contributed by atoms with Gasteiger partial charge in [0.15, 0.2) is 16.4 Å². The van der Waals surface area contributed by atoms with Crippen molar-refractivity contribution in [2.45, 2.75) is 58.9 Å². The van der Waals surface area contributed by atoms with E-state index in [4.69, 9.17) is 14.8 Å². The molecule has 1 fully saturated rings. The fourth-order valence-corrected chi connectivity index (χ4v) is 6.01. The van der Waals surface area contributed by atoms with Crippen molar-refractivity contribution >= 4 is 32.5 Å². The summed E-state index contributed by atoms with van der Waals surface area (Å²) in [6.45, 7) is 14.4. The summed E-state index contributed by atoms with van der Waals surface area (Å²) in [5.41, 5.74) is 2.44. The van der Waals surface area contributed by atoms with Crippen LogP contribution in [-0.2, 0) is 22.1 Å². The highest BCUT2D eigenvalue weighted by molar-refractivity contribution is 7.22. The van der Waals surface area contributed by atoms with Crippen LogP contribution in [0.3, 0.4) is 0 Å². The molecule has 40 heavy (non-hydrogen) atoms. The number of carbonyl (C=O) groups is 1. The number of phenolic OH excluding ortho intramolecular Hbond substituents is 1. The monoisotopic (exact) mass is 560 g/mol. The van der Waals surface area contributed by atoms with Crippen molar-refractivity contribution in [3.63, 3.8) is 0 Å². The zero-order chi connectivity index (χ0) is 28.8. The number of ketones is 1. The maximum Gasteiger partial charge on any atom is 0.294 e. The van der Waals surface area contributed by atoms with Crippen LogP contribution in [0.25, 0.3) is 21.5 Å². The fourth-order valence-electron chi connectivity index (χ4n) is 4.90. The molecule has 0 atom stereocenters. The number of carbonyl (C=O) groups excluding carboxylic acids is 1. The summed E-state index contributed by atoms with van der Waals surface area (Å²) in [6, 6.07) is 13.1. The molecule has 1 saturated heterocycles. The molecule has 0 radical (unpaired) electrons. The normalized spacial score (nSPS) is 14.6. The summed E-state index contributed by atoms with van der Waals surface area (Å²) in [4.78, 5) is 34.3. The van der Waals surface area contributed by atoms with Crippen LogP contribution >= 0.6 is 11.3 Å². The average Bonchev–Trinajstić information content (AvgIpc) is 3.36. The highest BCUT2D eigenvalue weighted by Crippen LogP contribution is 2.40. The van der Waals surface area contributed by atoms with Crippen molar-refractivity contribution in [2.24, 2.45) is 0 Å². The van der Waals surface area contributed by atoms with E-state index in [2.05, 4.69) is 4.90 Å². The van der Waals surface area contributed by atoms with Crippen molar-refractivity contribution < 1.29 is 14.6 Å². The lowest BCUT2D eigenvalue weighted by molar-refractivity contribution is 0.0965. The Kier molecular flexibility index (Phi) is 7.31. The molecule has 0 bridgehead atoms. The SMILES string of the molecule is CC(C)(C)c1cc(C(=O)Cn2nc(-c3ccccc3)c3sc(N4CCOCC4)nc3c2=O)cc(C(C)(C)C)c1O. The van der Waals surface area contributed by atoms with Gasteiger partial charge in [0.1, 0.15) is 18.0 Å². The lowest BCUT2D eigenvalue weighted by atomic mass is 9.78. The molecule has 1 aliphatic rings. The smallest absolute Gasteiger partial charge is 0.294 e. The second-order valence-electron chi connectivity index (χ2n) is 12.3. The number of thiazole rings is 1. The van der Waals surface area contributed by atoms with Gasteiger partial charge in [0.2, 0.25) is 0 Å². The molecule has 4 aromatic rings. The fraction of sp³-hybridized carbons (Fsp3) is 0.419. The number of hydrogen-bond acceptors (Lipinski definition) is 8. The number of ether oxygens (including phenoxy) is 1. The number of nitrogens with zero attached hydrogens (tertiary/aromatic N) is 4. The first-order valence-electron chi connectivity index (χ1n) is 13.6. The first kappa shape index (κ1) is 28.0. The van der Waals surface area contributed by atoms with Crippen molar-refractivity contribution in [1.29, 1.82) is 0 Å². The minimum atomic E-state index is -0.398. The van der Waals surface area contributed by atoms with Gasteiger partial charge in [-0.3, -0.25) is 9.59 Å². The van der Waals surface area contributed by atoms with Gasteiger partial charge in [-0.1, -0.05) is 83.2 Å². The molecule has 0 unspecified atom stereocenters. The Morgan fingerprint density at radius 1 is 1.00 bits per heavy atom. The molecule has 3 heterocycles. The number of anilines is 1. The predicted molar refractivity (Wildman–Crippen MR) is 160 cm³/mol. The standard InChI is InChI=1S/C31H36N4O4S/c1-30(2,3)21-16-20(17-22(26(21)37)31(4,5)6)23(36)18-35-28(38)25-27(24(33-35)19-10-8-7-9-11-19)40-29(32-25)34-12-14-39-15-13-34/h7-11,16-17,37H,12-15,18H2,1-6H3. The second-order valence-corrected chi connectivity index (χ2v) is 13.3. The van der Waals surface area contributed by atoms with E-state index >= 15 is 0 Å². The molecule has 0 spiro atoms. The number of fused-ring (bicyclic) bond motifs is 1. The van der Waals surface area contributed by atoms with Gasteiger partial charge in [-0.15, -0.1) is 0 Å². The zero-order valence-corrected chi connectivity index (χ0v) is 24.8. The molecule has 5 rings (SSSR count). The van der Waals surface area contributed by atoms with Gasteiger partial charge in [0.25, 0.3) is 5.56 Å². The van der Waals surface area contributed by atoms with Gasteiger partial charge < -0.3 is 14.7 Å². The Labute approximate surface area is 238 Å². The summed E-state index contributed by atoms with van der Waals surface area (Å²) < 4.78 is 7.42. The molecule has 8 nitrogen and oxygen atoms in total. The maximum absolute atomic E-state index is 13.8. The number of rotatable bonds is 5. The number of Topliss-reactive ketones (excluding diaryl/α,β-unsaturated/α-hetero) is 1. The van der Waals surface area contributed by atoms with Gasteiger partial charge in [-0.25, -0.2) is 9.67 Å². The Morgan fingerprint density at radius 2 is 1.60 bits per heavy atom. The van der Waals surface area contributed by atoms with Crippen LogP contribution in [0.15, 0.2) is 47.3 Å². The van der Waals surface area contributed by atoms with E-state index in [1.807, 2.05) is 71.9 Å². The minimum absolute atomic E-state index is 0.206. The van der Waals surface area contributed by atoms with E-state index in [1.165, 1.54) is 16.0 Å². The van der Waals surface area contributed by atoms with Crippen molar-refractivity contribution in [2.75, 3.05) is 31.2 Å². The Balaban J connectivity index is 1.62. The van der Waals surface area contributed by atoms with Gasteiger partial charge in [-0.2, -0.15) is 5.10 Å². The minimum Gasteiger partial charge on any atom is -0.507 e. The van der Waals surface area contributed by atoms with E-state index in [0.717, 1.165) is 10.7 Å². The number of aromatic hydroxyl groups is 1. The van der Waals surface area contributed by atoms with Crippen LogP contribution < -0.4 is 10.5 Å². The summed E-state index contributed by atoms with van der Waals surface area (Å²) in [5.74, 6) is -0.0506. The molecule has 9 heteroatoms. The first-order valence-corrected chi connectivity index (χ1v) is 14.4. The average molecular weight is 561 g/mol. The van der Waals surface area contributed by atoms with E-state index in [-0.39, 0.29) is 28.9 Å². The first-order chi connectivity index (χ1) is 18.8. The number of morpholine rings is 1. The third-order valence-electron chi connectivity index (χ3n) is 7.16. The third-order valence-corrected chi connectivity index (χ3v) is 8.28. The molecular formula is C31H36N4O4S. The number of hydrogen-bond donors (Lipinski definition) is 1. The van der Waals surface area contributed by atoms with Crippen LogP contribution in [0.5, 0.6) is 5.75 Å². The summed E-state index contributed by atoms with van der Waals surface area (Å²) >= 11 is 1.45. The molecule has 1 aliphatic heterocycles. The van der Waals surface area contributed by atoms with Gasteiger partial charge in [0.05, 0.1) is 17.9 Å². The van der Waals surface area contributed by atoms with Crippen molar-refractivity contribution in [3.05, 3.63) is 69.5 Å². The third kappa shape index (κ3) is 5.40. The molecule has 210 valence electrons. The summed E-state index contributed by atoms with van der Waals surface area (Å²) in [7, 11) is 0. The maximum atomic E-state index is 13.8. The highest BCUT2D eigenvalue weighted by Gasteiger charge is 2.28. The lowest BCUT2D eigenvalue weighted by Gasteiger charge is -2.28. The van der Waals surface area contributed by atoms with E-state index in [9.17, 15) is 14.7 Å². The number of phenols is 1. The van der Waals surface area contributed by atoms with Crippen LogP contribution in [-0.4, -0.2) is 52.0 Å². The van der Waals surface area contributed by atoms with Gasteiger partial charge in [0, 0.05) is 35.3 Å². The molecular weight excluding hydrogens is 524 g/mol. The second kappa shape index (κ2) is 10.4. The summed E-state index contributed by atoms with van der Waals surface area (Å²) in [6.07, 6.45) is 0. The van der Waals surface area contributed by atoms with Crippen LogP contribution in [0.2, 0.25) is 0 Å². The molecule has 2 aromatic heterocycles. The van der Waals surface area contributed by atoms with Crippen molar-refractivity contribution in [1.82, 2.24) is 14.8 Å². The molecule has 0 saturated carbocycles. The quantitative estimate of drug-likeness (QED) is 0.320. The number of aromatic nitrogens is 3. The molecule has 2 aromatic carbocycles. The van der Waals surface area contributed by atoms with Crippen LogP contribution in [0.1, 0.15) is 63.0 Å². The van der Waals surface area contributed by atoms with Crippen molar-refractivity contribution in [3.8, 4) is 17.0 Å². The van der Waals surface area contributed by atoms with E-state index in [1.54, 1.807) is 12.1 Å². The van der Waals surface area contributed by atoms with Gasteiger partial charge >= 0.3 is 0 Å². The van der Waals surface area contributed by atoms with Gasteiger partial charge in [-0.05, 0) is 23.0 Å². The topological polar surface area (TPSA) is 97.5 Å². The molecule has 0 amide bonds. The Hall–Kier alpha value is -3.56. The number of benzene rings is 2. The Bertz CT molecular complexity index is 1590. The van der Waals surface area contributed by atoms with E-state index in [0.29, 0.717) is 58.9 Å². The zero-order valence-electron chi connectivity index (χ0n) is 23.9. The predicted octanol–water partition coefficient (Wildman–Crippen LogP) is 5.54. The van der Waals surface area contributed by atoms with Crippen LogP contribution in [0.4, 0.5) is 5.13 Å². The van der Waals surface area contributed by atoms with E-state index < -0.39 is 5.56 Å². The van der Waals surface area contributed by atoms with Crippen LogP contribution in [0, 0.1) is 0 Å².